The highest BCUT2D eigenvalue weighted by Crippen LogP contribution is 2.35. The Hall–Kier alpha value is -0.950. The van der Waals surface area contributed by atoms with Gasteiger partial charge in [-0.25, -0.2) is 8.42 Å². The summed E-state index contributed by atoms with van der Waals surface area (Å²) in [5.41, 5.74) is 6.05. The van der Waals surface area contributed by atoms with Crippen molar-refractivity contribution in [3.63, 3.8) is 0 Å². The maximum Gasteiger partial charge on any atom is 0.262 e. The van der Waals surface area contributed by atoms with E-state index in [-0.39, 0.29) is 20.6 Å². The predicted octanol–water partition coefficient (Wildman–Crippen LogP) is 4.14. The van der Waals surface area contributed by atoms with Gasteiger partial charge in [0.15, 0.2) is 0 Å². The van der Waals surface area contributed by atoms with Crippen molar-refractivity contribution in [2.45, 2.75) is 4.90 Å². The topological polar surface area (TPSA) is 72.2 Å². The Bertz CT molecular complexity index is 743. The smallest absolute Gasteiger partial charge is 0.262 e. The van der Waals surface area contributed by atoms with Gasteiger partial charge in [-0.1, -0.05) is 45.2 Å². The maximum atomic E-state index is 12.2. The lowest BCUT2D eigenvalue weighted by Crippen LogP contribution is -2.13. The summed E-state index contributed by atoms with van der Waals surface area (Å²) in [6, 6.07) is 9.02. The molecule has 0 amide bonds. The number of nitrogen functional groups attached to an aromatic ring is 1. The molecule has 0 bridgehead atoms. The molecule has 0 spiro atoms. The van der Waals surface area contributed by atoms with Crippen LogP contribution < -0.4 is 10.5 Å². The van der Waals surface area contributed by atoms with Crippen LogP contribution >= 0.6 is 39.1 Å². The molecule has 0 aliphatic heterocycles. The van der Waals surface area contributed by atoms with Crippen molar-refractivity contribution in [2.24, 2.45) is 0 Å². The molecule has 0 aromatic heterocycles. The minimum atomic E-state index is -3.81. The minimum absolute atomic E-state index is 0.0348. The van der Waals surface area contributed by atoms with Crippen LogP contribution in [0.2, 0.25) is 10.0 Å². The van der Waals surface area contributed by atoms with Crippen LogP contribution in [-0.2, 0) is 10.0 Å². The molecule has 0 heterocycles. The van der Waals surface area contributed by atoms with Gasteiger partial charge in [-0.15, -0.1) is 0 Å². The largest absolute Gasteiger partial charge is 0.399 e. The van der Waals surface area contributed by atoms with Gasteiger partial charge in [-0.2, -0.15) is 0 Å². The average molecular weight is 396 g/mol. The third-order valence-corrected chi connectivity index (χ3v) is 4.81. The molecule has 4 nitrogen and oxygen atoms in total. The fraction of sp³-hybridized carbons (Fsp3) is 0. The third-order valence-electron chi connectivity index (χ3n) is 2.41. The number of hydrogen-bond acceptors (Lipinski definition) is 3. The first kappa shape index (κ1) is 15.4. The summed E-state index contributed by atoms with van der Waals surface area (Å²) < 4.78 is 27.5. The maximum absolute atomic E-state index is 12.2. The van der Waals surface area contributed by atoms with Crippen molar-refractivity contribution in [1.29, 1.82) is 0 Å². The van der Waals surface area contributed by atoms with Gasteiger partial charge in [0.1, 0.15) is 0 Å². The zero-order valence-corrected chi connectivity index (χ0v) is 13.8. The van der Waals surface area contributed by atoms with E-state index in [1.165, 1.54) is 12.1 Å². The van der Waals surface area contributed by atoms with E-state index in [1.807, 2.05) is 0 Å². The number of nitrogens with one attached hydrogen (secondary N) is 1. The molecule has 0 atom stereocenters. The van der Waals surface area contributed by atoms with Gasteiger partial charge in [-0.3, -0.25) is 4.72 Å². The first-order chi connectivity index (χ1) is 9.29. The van der Waals surface area contributed by atoms with Gasteiger partial charge < -0.3 is 5.73 Å². The average Bonchev–Trinajstić information content (AvgIpc) is 2.34. The van der Waals surface area contributed by atoms with Crippen LogP contribution in [0.4, 0.5) is 11.4 Å². The zero-order chi connectivity index (χ0) is 14.9. The summed E-state index contributed by atoms with van der Waals surface area (Å²) in [5, 5.41) is 0.383. The normalized spacial score (nSPS) is 11.3. The number of rotatable bonds is 3. The van der Waals surface area contributed by atoms with E-state index < -0.39 is 10.0 Å². The number of nitrogens with two attached hydrogens (primary N) is 1. The molecule has 8 heteroatoms. The summed E-state index contributed by atoms with van der Waals surface area (Å²) in [5.74, 6) is 0. The quantitative estimate of drug-likeness (QED) is 0.767. The van der Waals surface area contributed by atoms with Crippen molar-refractivity contribution in [1.82, 2.24) is 0 Å². The van der Waals surface area contributed by atoms with Gasteiger partial charge >= 0.3 is 0 Å². The molecule has 2 rings (SSSR count). The Labute approximate surface area is 135 Å². The van der Waals surface area contributed by atoms with Crippen molar-refractivity contribution in [2.75, 3.05) is 10.5 Å². The first-order valence-corrected chi connectivity index (χ1v) is 8.36. The second-order valence-corrected chi connectivity index (χ2v) is 7.33. The van der Waals surface area contributed by atoms with Crippen LogP contribution in [-0.4, -0.2) is 8.42 Å². The van der Waals surface area contributed by atoms with E-state index in [0.717, 1.165) is 0 Å². The van der Waals surface area contributed by atoms with E-state index in [1.54, 1.807) is 24.3 Å². The van der Waals surface area contributed by atoms with Crippen LogP contribution in [0.3, 0.4) is 0 Å². The van der Waals surface area contributed by atoms with Crippen LogP contribution in [0.1, 0.15) is 0 Å². The third kappa shape index (κ3) is 3.38. The summed E-state index contributed by atoms with van der Waals surface area (Å²) in [7, 11) is -3.81. The van der Waals surface area contributed by atoms with E-state index >= 15 is 0 Å². The molecule has 0 fully saturated rings. The molecule has 0 unspecified atom stereocenters. The molecule has 20 heavy (non-hydrogen) atoms. The fourth-order valence-electron chi connectivity index (χ4n) is 1.51. The molecule has 0 saturated carbocycles. The van der Waals surface area contributed by atoms with Gasteiger partial charge in [0, 0.05) is 10.2 Å². The summed E-state index contributed by atoms with van der Waals surface area (Å²) in [4.78, 5) is 0.0348. The van der Waals surface area contributed by atoms with Crippen molar-refractivity contribution < 1.29 is 8.42 Å². The lowest BCUT2D eigenvalue weighted by Gasteiger charge is -2.12. The SMILES string of the molecule is Nc1cccc(S(=O)(=O)Nc2c(Cl)cc(Br)cc2Cl)c1. The highest BCUT2D eigenvalue weighted by atomic mass is 79.9. The van der Waals surface area contributed by atoms with E-state index in [0.29, 0.717) is 10.2 Å². The Morgan fingerprint density at radius 2 is 1.70 bits per heavy atom. The standard InChI is InChI=1S/C12H9BrCl2N2O2S/c13-7-4-10(14)12(11(15)5-7)17-20(18,19)9-3-1-2-8(16)6-9/h1-6,17H,16H2. The van der Waals surface area contributed by atoms with Crippen LogP contribution in [0.25, 0.3) is 0 Å². The summed E-state index contributed by atoms with van der Waals surface area (Å²) in [6.07, 6.45) is 0. The molecule has 106 valence electrons. The molecule has 0 saturated heterocycles. The van der Waals surface area contributed by atoms with Gasteiger partial charge in [-0.05, 0) is 30.3 Å². The van der Waals surface area contributed by atoms with Crippen molar-refractivity contribution >= 4 is 60.5 Å². The minimum Gasteiger partial charge on any atom is -0.399 e. The van der Waals surface area contributed by atoms with E-state index in [9.17, 15) is 8.42 Å². The second kappa shape index (κ2) is 5.81. The Morgan fingerprint density at radius 1 is 1.10 bits per heavy atom. The molecular formula is C12H9BrCl2N2O2S. The van der Waals surface area contributed by atoms with E-state index in [4.69, 9.17) is 28.9 Å². The number of hydrogen-bond donors (Lipinski definition) is 2. The van der Waals surface area contributed by atoms with E-state index in [2.05, 4.69) is 20.7 Å². The lowest BCUT2D eigenvalue weighted by atomic mass is 10.3. The highest BCUT2D eigenvalue weighted by Gasteiger charge is 2.18. The Morgan fingerprint density at radius 3 is 2.25 bits per heavy atom. The first-order valence-electron chi connectivity index (χ1n) is 5.32. The molecule has 2 aromatic rings. The zero-order valence-electron chi connectivity index (χ0n) is 9.90. The second-order valence-electron chi connectivity index (χ2n) is 3.92. The number of anilines is 2. The number of halogens is 3. The fourth-order valence-corrected chi connectivity index (χ4v) is 4.09. The molecule has 0 radical (unpaired) electrons. The molecular weight excluding hydrogens is 387 g/mol. The van der Waals surface area contributed by atoms with Crippen LogP contribution in [0, 0.1) is 0 Å². The Kier molecular flexibility index (Phi) is 4.49. The van der Waals surface area contributed by atoms with Crippen molar-refractivity contribution in [3.05, 3.63) is 50.9 Å². The summed E-state index contributed by atoms with van der Waals surface area (Å²) >= 11 is 15.2. The van der Waals surface area contributed by atoms with Gasteiger partial charge in [0.05, 0.1) is 20.6 Å². The summed E-state index contributed by atoms with van der Waals surface area (Å²) in [6.45, 7) is 0. The number of sulfonamides is 1. The lowest BCUT2D eigenvalue weighted by molar-refractivity contribution is 0.601. The van der Waals surface area contributed by atoms with Gasteiger partial charge in [0.25, 0.3) is 10.0 Å². The molecule has 3 N–H and O–H groups in total. The van der Waals surface area contributed by atoms with Crippen LogP contribution in [0.5, 0.6) is 0 Å². The highest BCUT2D eigenvalue weighted by molar-refractivity contribution is 9.10. The van der Waals surface area contributed by atoms with Crippen molar-refractivity contribution in [3.8, 4) is 0 Å². The van der Waals surface area contributed by atoms with Crippen LogP contribution in [0.15, 0.2) is 45.8 Å². The molecule has 0 aliphatic rings. The van der Waals surface area contributed by atoms with Gasteiger partial charge in [0.2, 0.25) is 0 Å². The molecule has 2 aromatic carbocycles. The Balaban J connectivity index is 2.44. The number of benzene rings is 2. The predicted molar refractivity (Wildman–Crippen MR) is 85.8 cm³/mol. The monoisotopic (exact) mass is 394 g/mol. The molecule has 0 aliphatic carbocycles.